The third-order valence-electron chi connectivity index (χ3n) is 3.14. The second kappa shape index (κ2) is 4.73. The lowest BCUT2D eigenvalue weighted by Crippen LogP contribution is -2.54. The molecular formula is C11H19N3O3. The van der Waals surface area contributed by atoms with E-state index in [9.17, 15) is 15.3 Å². The molecule has 6 nitrogen and oxygen atoms in total. The molecule has 6 heteroatoms. The van der Waals surface area contributed by atoms with Gasteiger partial charge in [-0.3, -0.25) is 4.99 Å². The van der Waals surface area contributed by atoms with Crippen LogP contribution in [0.3, 0.4) is 0 Å². The monoisotopic (exact) mass is 241 g/mol. The molecule has 0 aliphatic carbocycles. The van der Waals surface area contributed by atoms with E-state index in [4.69, 9.17) is 0 Å². The fourth-order valence-corrected chi connectivity index (χ4v) is 1.98. The Morgan fingerprint density at radius 3 is 2.76 bits per heavy atom. The molecule has 2 aliphatic heterocycles. The zero-order chi connectivity index (χ0) is 12.6. The minimum absolute atomic E-state index is 0.216. The van der Waals surface area contributed by atoms with Gasteiger partial charge in [0.05, 0.1) is 24.7 Å². The SMILES string of the molecule is CC(C)C1=CC2=NCC(C(O)O)C(O)N(C2)N1. The van der Waals surface area contributed by atoms with Gasteiger partial charge >= 0.3 is 0 Å². The van der Waals surface area contributed by atoms with Crippen LogP contribution in [0.4, 0.5) is 0 Å². The van der Waals surface area contributed by atoms with Crippen LogP contribution >= 0.6 is 0 Å². The lowest BCUT2D eigenvalue weighted by molar-refractivity contribution is -0.155. The number of aliphatic hydroxyl groups is 3. The van der Waals surface area contributed by atoms with Gasteiger partial charge in [0, 0.05) is 5.70 Å². The first-order chi connectivity index (χ1) is 7.99. The first-order valence-corrected chi connectivity index (χ1v) is 5.81. The van der Waals surface area contributed by atoms with E-state index in [-0.39, 0.29) is 6.54 Å². The summed E-state index contributed by atoms with van der Waals surface area (Å²) < 4.78 is 0. The predicted molar refractivity (Wildman–Crippen MR) is 62.8 cm³/mol. The van der Waals surface area contributed by atoms with Crippen LogP contribution in [0, 0.1) is 11.8 Å². The molecule has 2 rings (SSSR count). The number of hydrogen-bond donors (Lipinski definition) is 4. The van der Waals surface area contributed by atoms with Crippen LogP contribution in [-0.4, -0.2) is 51.6 Å². The number of aliphatic hydroxyl groups excluding tert-OH is 2. The number of nitrogens with one attached hydrogen (secondary N) is 1. The summed E-state index contributed by atoms with van der Waals surface area (Å²) in [6.45, 7) is 4.78. The van der Waals surface area contributed by atoms with Gasteiger partial charge in [-0.1, -0.05) is 13.8 Å². The molecule has 0 fully saturated rings. The summed E-state index contributed by atoms with van der Waals surface area (Å²) >= 11 is 0. The molecule has 0 saturated heterocycles. The molecule has 0 aromatic heterocycles. The summed E-state index contributed by atoms with van der Waals surface area (Å²) in [6.07, 6.45) is -0.572. The Bertz CT molecular complexity index is 352. The average Bonchev–Trinajstić information content (AvgIpc) is 2.37. The molecule has 4 N–H and O–H groups in total. The standard InChI is InChI=1S/C11H19N3O3/c1-6(2)9-3-7-5-14(13-9)10(15)8(4-12-7)11(16)17/h3,6,8,10-11,13,15-17H,4-5H2,1-2H3. The van der Waals surface area contributed by atoms with Gasteiger partial charge in [0.2, 0.25) is 0 Å². The Morgan fingerprint density at radius 2 is 2.18 bits per heavy atom. The number of fused-ring (bicyclic) bond motifs is 2. The largest absolute Gasteiger partial charge is 0.376 e. The molecule has 3 atom stereocenters. The van der Waals surface area contributed by atoms with Crippen molar-refractivity contribution in [3.05, 3.63) is 11.8 Å². The van der Waals surface area contributed by atoms with E-state index in [0.717, 1.165) is 11.4 Å². The summed E-state index contributed by atoms with van der Waals surface area (Å²) in [6, 6.07) is 0. The Labute approximate surface area is 100 Å². The van der Waals surface area contributed by atoms with Gasteiger partial charge in [0.1, 0.15) is 6.23 Å². The number of allylic oxidation sites excluding steroid dienone is 1. The summed E-state index contributed by atoms with van der Waals surface area (Å²) in [7, 11) is 0. The van der Waals surface area contributed by atoms with Crippen molar-refractivity contribution in [1.29, 1.82) is 0 Å². The van der Waals surface area contributed by atoms with Gasteiger partial charge < -0.3 is 20.7 Å². The highest BCUT2D eigenvalue weighted by molar-refractivity contribution is 5.98. The molecule has 2 bridgehead atoms. The Hall–Kier alpha value is -0.950. The maximum absolute atomic E-state index is 10.1. The fourth-order valence-electron chi connectivity index (χ4n) is 1.98. The Morgan fingerprint density at radius 1 is 1.47 bits per heavy atom. The van der Waals surface area contributed by atoms with E-state index in [1.165, 1.54) is 0 Å². The van der Waals surface area contributed by atoms with Crippen molar-refractivity contribution in [2.45, 2.75) is 26.4 Å². The highest BCUT2D eigenvalue weighted by Crippen LogP contribution is 2.21. The highest BCUT2D eigenvalue weighted by Gasteiger charge is 2.35. The van der Waals surface area contributed by atoms with E-state index < -0.39 is 18.4 Å². The van der Waals surface area contributed by atoms with Gasteiger partial charge in [-0.25, -0.2) is 0 Å². The summed E-state index contributed by atoms with van der Waals surface area (Å²) in [5.41, 5.74) is 4.93. The third kappa shape index (κ3) is 2.50. The third-order valence-corrected chi connectivity index (χ3v) is 3.14. The number of hydrogen-bond acceptors (Lipinski definition) is 6. The van der Waals surface area contributed by atoms with Gasteiger partial charge in [0.25, 0.3) is 0 Å². The fraction of sp³-hybridized carbons (Fsp3) is 0.727. The lowest BCUT2D eigenvalue weighted by atomic mass is 10.1. The lowest BCUT2D eigenvalue weighted by Gasteiger charge is -2.35. The molecule has 0 radical (unpaired) electrons. The summed E-state index contributed by atoms with van der Waals surface area (Å²) in [5, 5.41) is 30.1. The molecule has 0 amide bonds. The van der Waals surface area contributed by atoms with Crippen molar-refractivity contribution in [1.82, 2.24) is 10.4 Å². The quantitative estimate of drug-likeness (QED) is 0.468. The molecule has 0 aromatic carbocycles. The minimum Gasteiger partial charge on any atom is -0.376 e. The maximum Gasteiger partial charge on any atom is 0.159 e. The molecule has 0 spiro atoms. The molecule has 3 unspecified atom stereocenters. The van der Waals surface area contributed by atoms with Crippen molar-refractivity contribution in [3.8, 4) is 0 Å². The maximum atomic E-state index is 10.1. The Kier molecular flexibility index (Phi) is 3.48. The second-order valence-corrected chi connectivity index (χ2v) is 4.82. The zero-order valence-electron chi connectivity index (χ0n) is 10.0. The number of hydrazine groups is 1. The van der Waals surface area contributed by atoms with Crippen molar-refractivity contribution >= 4 is 5.71 Å². The Balaban J connectivity index is 2.23. The van der Waals surface area contributed by atoms with E-state index in [1.807, 2.05) is 19.9 Å². The minimum atomic E-state index is -1.57. The molecule has 2 aliphatic rings. The molecule has 0 aromatic rings. The van der Waals surface area contributed by atoms with Crippen LogP contribution in [0.5, 0.6) is 0 Å². The van der Waals surface area contributed by atoms with Gasteiger partial charge in [-0.05, 0) is 12.0 Å². The van der Waals surface area contributed by atoms with Gasteiger partial charge in [0.15, 0.2) is 6.29 Å². The number of aliphatic imine (C=N–C) groups is 1. The number of rotatable bonds is 2. The molecular weight excluding hydrogens is 222 g/mol. The average molecular weight is 241 g/mol. The second-order valence-electron chi connectivity index (χ2n) is 4.82. The van der Waals surface area contributed by atoms with Crippen LogP contribution < -0.4 is 5.43 Å². The van der Waals surface area contributed by atoms with Gasteiger partial charge in [-0.2, -0.15) is 5.01 Å². The zero-order valence-corrected chi connectivity index (χ0v) is 10.0. The molecule has 96 valence electrons. The van der Waals surface area contributed by atoms with Crippen LogP contribution in [0.25, 0.3) is 0 Å². The van der Waals surface area contributed by atoms with E-state index in [0.29, 0.717) is 12.5 Å². The van der Waals surface area contributed by atoms with Crippen LogP contribution in [0.1, 0.15) is 13.8 Å². The van der Waals surface area contributed by atoms with Crippen LogP contribution in [-0.2, 0) is 0 Å². The molecule has 17 heavy (non-hydrogen) atoms. The highest BCUT2D eigenvalue weighted by atomic mass is 16.5. The number of nitrogens with zero attached hydrogens (tertiary/aromatic N) is 2. The van der Waals surface area contributed by atoms with Crippen molar-refractivity contribution in [2.75, 3.05) is 13.1 Å². The van der Waals surface area contributed by atoms with Crippen LogP contribution in [0.2, 0.25) is 0 Å². The summed E-state index contributed by atoms with van der Waals surface area (Å²) in [4.78, 5) is 4.31. The van der Waals surface area contributed by atoms with Crippen LogP contribution in [0.15, 0.2) is 16.8 Å². The predicted octanol–water partition coefficient (Wildman–Crippen LogP) is -0.954. The van der Waals surface area contributed by atoms with E-state index >= 15 is 0 Å². The topological polar surface area (TPSA) is 88.3 Å². The first-order valence-electron chi connectivity index (χ1n) is 5.81. The van der Waals surface area contributed by atoms with Crippen molar-refractivity contribution in [2.24, 2.45) is 16.8 Å². The molecule has 0 saturated carbocycles. The van der Waals surface area contributed by atoms with Crippen molar-refractivity contribution in [3.63, 3.8) is 0 Å². The van der Waals surface area contributed by atoms with E-state index in [2.05, 4.69) is 10.4 Å². The summed E-state index contributed by atoms with van der Waals surface area (Å²) in [5.74, 6) is -0.397. The smallest absolute Gasteiger partial charge is 0.159 e. The van der Waals surface area contributed by atoms with Crippen molar-refractivity contribution < 1.29 is 15.3 Å². The normalized spacial score (nSPS) is 33.0. The molecule has 2 heterocycles. The van der Waals surface area contributed by atoms with E-state index in [1.54, 1.807) is 5.01 Å². The van der Waals surface area contributed by atoms with Gasteiger partial charge in [-0.15, -0.1) is 0 Å². The first kappa shape index (κ1) is 12.5.